The Morgan fingerprint density at radius 3 is 2.94 bits per heavy atom. The van der Waals surface area contributed by atoms with E-state index in [1.54, 1.807) is 0 Å². The predicted molar refractivity (Wildman–Crippen MR) is 60.2 cm³/mol. The number of benzene rings is 1. The number of ether oxygens (including phenoxy) is 2. The van der Waals surface area contributed by atoms with Gasteiger partial charge in [0.25, 0.3) is 0 Å². The van der Waals surface area contributed by atoms with Crippen LogP contribution in [0.3, 0.4) is 0 Å². The van der Waals surface area contributed by atoms with Gasteiger partial charge >= 0.3 is 103 Å². The van der Waals surface area contributed by atoms with Crippen LogP contribution in [0.1, 0.15) is 24.8 Å². The Morgan fingerprint density at radius 1 is 1.38 bits per heavy atom. The topological polar surface area (TPSA) is 18.5 Å². The molecule has 1 heterocycles. The molecule has 1 atom stereocenters. The Balaban J connectivity index is 0.00000128. The van der Waals surface area contributed by atoms with E-state index in [4.69, 9.17) is 9.47 Å². The summed E-state index contributed by atoms with van der Waals surface area (Å²) in [5.41, 5.74) is 1.23. The van der Waals surface area contributed by atoms with Gasteiger partial charge in [-0.2, -0.15) is 0 Å². The molecule has 1 saturated heterocycles. The third-order valence-electron chi connectivity index (χ3n) is 2.57. The van der Waals surface area contributed by atoms with E-state index < -0.39 is 0 Å². The first-order valence-electron chi connectivity index (χ1n) is 5.49. The van der Waals surface area contributed by atoms with Gasteiger partial charge < -0.3 is 17.0 Å². The molecule has 2 rings (SSSR count). The Morgan fingerprint density at radius 2 is 2.25 bits per heavy atom. The molecular weight excluding hydrogens is 280 g/mol. The second-order valence-corrected chi connectivity index (χ2v) is 4.74. The Bertz CT molecular complexity index is 314. The fourth-order valence-electron chi connectivity index (χ4n) is 1.75. The van der Waals surface area contributed by atoms with Gasteiger partial charge in [-0.1, -0.05) is 0 Å². The Kier molecular flexibility index (Phi) is 6.92. The van der Waals surface area contributed by atoms with Crippen LogP contribution in [-0.4, -0.2) is 34.6 Å². The van der Waals surface area contributed by atoms with Crippen LogP contribution in [0.25, 0.3) is 0 Å². The molecule has 0 saturated carbocycles. The van der Waals surface area contributed by atoms with Gasteiger partial charge in [-0.15, -0.1) is 0 Å². The van der Waals surface area contributed by atoms with Crippen LogP contribution in [0.5, 0.6) is 0 Å². The van der Waals surface area contributed by atoms with Gasteiger partial charge in [0, 0.05) is 0 Å². The van der Waals surface area contributed by atoms with Gasteiger partial charge in [-0.25, -0.2) is 0 Å². The third kappa shape index (κ3) is 4.71. The summed E-state index contributed by atoms with van der Waals surface area (Å²) in [4.78, 5) is 0. The van der Waals surface area contributed by atoms with Gasteiger partial charge in [-0.05, 0) is 0 Å². The van der Waals surface area contributed by atoms with E-state index in [0.29, 0.717) is 6.61 Å². The summed E-state index contributed by atoms with van der Waals surface area (Å²) in [6, 6.07) is 8.45. The zero-order valence-corrected chi connectivity index (χ0v) is 12.3. The van der Waals surface area contributed by atoms with Crippen molar-refractivity contribution in [2.24, 2.45) is 0 Å². The molecule has 1 aliphatic rings. The summed E-state index contributed by atoms with van der Waals surface area (Å²) in [6.07, 6.45) is 3.44. The third-order valence-corrected chi connectivity index (χ3v) is 3.01. The summed E-state index contributed by atoms with van der Waals surface area (Å²) < 4.78 is 12.5. The molecule has 0 spiro atoms. The van der Waals surface area contributed by atoms with Crippen molar-refractivity contribution in [3.63, 3.8) is 0 Å². The summed E-state index contributed by atoms with van der Waals surface area (Å²) in [7, 11) is 0. The second-order valence-electron chi connectivity index (χ2n) is 3.93. The molecule has 1 aromatic carbocycles. The molecule has 84 valence electrons. The SMILES string of the molecule is [Br-].[Mg+][c]1cccc(COC2CCCCO2)c1. The molecule has 2 nitrogen and oxygen atoms in total. The van der Waals surface area contributed by atoms with Gasteiger partial charge in [0.1, 0.15) is 0 Å². The van der Waals surface area contributed by atoms with E-state index >= 15 is 0 Å². The van der Waals surface area contributed by atoms with Crippen molar-refractivity contribution in [1.82, 2.24) is 0 Å². The summed E-state index contributed by atoms with van der Waals surface area (Å²) in [6.45, 7) is 1.51. The van der Waals surface area contributed by atoms with Crippen LogP contribution < -0.4 is 20.7 Å². The first kappa shape index (κ1) is 14.4. The van der Waals surface area contributed by atoms with E-state index in [1.165, 1.54) is 22.1 Å². The van der Waals surface area contributed by atoms with E-state index in [2.05, 4.69) is 24.3 Å². The van der Waals surface area contributed by atoms with Crippen molar-refractivity contribution in [1.29, 1.82) is 0 Å². The van der Waals surface area contributed by atoms with Crippen LogP contribution >= 0.6 is 0 Å². The van der Waals surface area contributed by atoms with Crippen molar-refractivity contribution in [2.45, 2.75) is 32.2 Å². The molecule has 0 N–H and O–H groups in total. The average molecular weight is 295 g/mol. The van der Waals surface area contributed by atoms with Gasteiger partial charge in [-0.3, -0.25) is 0 Å². The first-order chi connectivity index (χ1) is 7.34. The van der Waals surface area contributed by atoms with Crippen LogP contribution in [0.2, 0.25) is 0 Å². The minimum atomic E-state index is 0. The summed E-state index contributed by atoms with van der Waals surface area (Å²) >= 11 is 1.90. The van der Waals surface area contributed by atoms with Gasteiger partial charge in [0.2, 0.25) is 0 Å². The number of hydrogen-bond donors (Lipinski definition) is 0. The first-order valence-corrected chi connectivity index (χ1v) is 6.19. The zero-order valence-electron chi connectivity index (χ0n) is 9.32. The monoisotopic (exact) mass is 294 g/mol. The molecule has 0 radical (unpaired) electrons. The maximum absolute atomic E-state index is 5.70. The Labute approximate surface area is 120 Å². The standard InChI is InChI=1S/C12H15O2.BrH.Mg/c1-2-6-11(7-3-1)10-14-12-8-4-5-9-13-12;;/h1-2,6-7,12H,4-5,8-10H2;1H;/q;;+1/p-1. The molecule has 1 unspecified atom stereocenters. The molecule has 0 amide bonds. The van der Waals surface area contributed by atoms with Crippen molar-refractivity contribution in [3.8, 4) is 0 Å². The van der Waals surface area contributed by atoms with Crippen molar-refractivity contribution in [2.75, 3.05) is 6.61 Å². The summed E-state index contributed by atoms with van der Waals surface area (Å²) in [5, 5.41) is 0. The fourth-order valence-corrected chi connectivity index (χ4v) is 2.15. The number of rotatable bonds is 3. The fraction of sp³-hybridized carbons (Fsp3) is 0.500. The van der Waals surface area contributed by atoms with Gasteiger partial charge in [0.05, 0.1) is 0 Å². The van der Waals surface area contributed by atoms with Crippen molar-refractivity contribution >= 4 is 25.4 Å². The predicted octanol–water partition coefficient (Wildman–Crippen LogP) is -1.47. The van der Waals surface area contributed by atoms with Crippen LogP contribution in [0.4, 0.5) is 0 Å². The molecule has 0 aromatic heterocycles. The van der Waals surface area contributed by atoms with E-state index in [9.17, 15) is 0 Å². The van der Waals surface area contributed by atoms with Crippen LogP contribution in [0.15, 0.2) is 24.3 Å². The molecule has 1 fully saturated rings. The minimum absolute atomic E-state index is 0. The maximum atomic E-state index is 5.70. The average Bonchev–Trinajstić information content (AvgIpc) is 2.28. The molecule has 0 aliphatic carbocycles. The quantitative estimate of drug-likeness (QED) is 0.634. The van der Waals surface area contributed by atoms with Crippen molar-refractivity contribution in [3.05, 3.63) is 29.8 Å². The van der Waals surface area contributed by atoms with Crippen molar-refractivity contribution < 1.29 is 26.5 Å². The van der Waals surface area contributed by atoms with Crippen LogP contribution in [0, 0.1) is 0 Å². The normalized spacial score (nSPS) is 20.2. The Hall–Kier alpha value is 0.386. The molecule has 1 aromatic rings. The zero-order chi connectivity index (χ0) is 10.5. The molecule has 1 aliphatic heterocycles. The molecule has 0 bridgehead atoms. The molecule has 4 heteroatoms. The van der Waals surface area contributed by atoms with Gasteiger partial charge in [0.15, 0.2) is 0 Å². The summed E-state index contributed by atoms with van der Waals surface area (Å²) in [5.74, 6) is 0. The number of hydrogen-bond acceptors (Lipinski definition) is 2. The number of halogens is 1. The molecular formula is C12H15BrMgO2. The molecule has 16 heavy (non-hydrogen) atoms. The van der Waals surface area contributed by atoms with E-state index in [-0.39, 0.29) is 23.3 Å². The van der Waals surface area contributed by atoms with E-state index in [0.717, 1.165) is 13.0 Å². The van der Waals surface area contributed by atoms with E-state index in [1.807, 2.05) is 21.7 Å². The second kappa shape index (κ2) is 7.66. The van der Waals surface area contributed by atoms with Crippen LogP contribution in [-0.2, 0) is 16.1 Å².